The van der Waals surface area contributed by atoms with Crippen molar-refractivity contribution in [3.05, 3.63) is 81.2 Å². The molecule has 1 atom stereocenters. The van der Waals surface area contributed by atoms with Crippen LogP contribution in [0.3, 0.4) is 0 Å². The van der Waals surface area contributed by atoms with Crippen molar-refractivity contribution in [3.63, 3.8) is 0 Å². The molecule has 0 spiro atoms. The number of aromatic nitrogens is 3. The molecule has 1 aliphatic heterocycles. The largest absolute Gasteiger partial charge is 0.491 e. The van der Waals surface area contributed by atoms with E-state index < -0.39 is 22.9 Å². The number of nitrogens with zero attached hydrogens (tertiary/aromatic N) is 4. The first-order valence-corrected chi connectivity index (χ1v) is 11.5. The zero-order valence-corrected chi connectivity index (χ0v) is 20.0. The zero-order chi connectivity index (χ0) is 25.6. The number of benzene rings is 2. The first-order chi connectivity index (χ1) is 17.3. The van der Waals surface area contributed by atoms with Gasteiger partial charge in [0.15, 0.2) is 17.4 Å². The second-order valence-electron chi connectivity index (χ2n) is 8.87. The SMILES string of the molecule is COc1c(F)cc(-n2c(C3CCCN3)nc3c(-c4cc(C)nc(C)c4)cc(C#N)cc3c2=O)cc1F. The van der Waals surface area contributed by atoms with Crippen LogP contribution >= 0.6 is 0 Å². The van der Waals surface area contributed by atoms with Gasteiger partial charge in [-0.05, 0) is 63.1 Å². The number of pyridine rings is 1. The number of hydrogen-bond acceptors (Lipinski definition) is 6. The number of aryl methyl sites for hydroxylation is 2. The summed E-state index contributed by atoms with van der Waals surface area (Å²) >= 11 is 0. The molecule has 2 aromatic heterocycles. The van der Waals surface area contributed by atoms with Gasteiger partial charge in [-0.2, -0.15) is 5.26 Å². The van der Waals surface area contributed by atoms with Crippen LogP contribution in [0.25, 0.3) is 27.7 Å². The van der Waals surface area contributed by atoms with Crippen LogP contribution in [0.5, 0.6) is 5.75 Å². The van der Waals surface area contributed by atoms with Gasteiger partial charge < -0.3 is 10.1 Å². The summed E-state index contributed by atoms with van der Waals surface area (Å²) < 4.78 is 35.4. The molecule has 36 heavy (non-hydrogen) atoms. The van der Waals surface area contributed by atoms with Crippen LogP contribution in [0.4, 0.5) is 8.78 Å². The lowest BCUT2D eigenvalue weighted by molar-refractivity contribution is 0.359. The average molecular weight is 488 g/mol. The number of hydrogen-bond donors (Lipinski definition) is 1. The maximum Gasteiger partial charge on any atom is 0.266 e. The van der Waals surface area contributed by atoms with Crippen LogP contribution in [0.1, 0.15) is 41.7 Å². The number of rotatable bonds is 4. The third-order valence-corrected chi connectivity index (χ3v) is 6.34. The summed E-state index contributed by atoms with van der Waals surface area (Å²) in [7, 11) is 1.17. The normalized spacial score (nSPS) is 15.3. The van der Waals surface area contributed by atoms with E-state index in [0.717, 1.165) is 42.0 Å². The van der Waals surface area contributed by atoms with Gasteiger partial charge in [-0.25, -0.2) is 13.8 Å². The molecule has 0 saturated carbocycles. The van der Waals surface area contributed by atoms with E-state index in [-0.39, 0.29) is 22.7 Å². The minimum Gasteiger partial charge on any atom is -0.491 e. The highest BCUT2D eigenvalue weighted by atomic mass is 19.1. The topological polar surface area (TPSA) is 92.8 Å². The Labute approximate surface area is 206 Å². The van der Waals surface area contributed by atoms with Crippen LogP contribution in [0, 0.1) is 36.8 Å². The Hall–Kier alpha value is -4.16. The third-order valence-electron chi connectivity index (χ3n) is 6.34. The Morgan fingerprint density at radius 3 is 2.36 bits per heavy atom. The van der Waals surface area contributed by atoms with E-state index in [2.05, 4.69) is 16.4 Å². The second-order valence-corrected chi connectivity index (χ2v) is 8.87. The van der Waals surface area contributed by atoms with Gasteiger partial charge >= 0.3 is 0 Å². The van der Waals surface area contributed by atoms with E-state index in [1.54, 1.807) is 6.07 Å². The molecule has 0 aliphatic carbocycles. The summed E-state index contributed by atoms with van der Waals surface area (Å²) in [5, 5.41) is 13.2. The smallest absolute Gasteiger partial charge is 0.266 e. The predicted octanol–water partition coefficient (Wildman–Crippen LogP) is 4.65. The van der Waals surface area contributed by atoms with Crippen LogP contribution in [0.2, 0.25) is 0 Å². The molecule has 0 radical (unpaired) electrons. The van der Waals surface area contributed by atoms with E-state index >= 15 is 0 Å². The van der Waals surface area contributed by atoms with Crippen LogP contribution in [-0.2, 0) is 0 Å². The lowest BCUT2D eigenvalue weighted by Gasteiger charge is -2.20. The van der Waals surface area contributed by atoms with Crippen molar-refractivity contribution in [2.75, 3.05) is 13.7 Å². The molecule has 5 rings (SSSR count). The highest BCUT2D eigenvalue weighted by Gasteiger charge is 2.26. The molecule has 1 N–H and O–H groups in total. The molecule has 2 aromatic carbocycles. The fourth-order valence-corrected chi connectivity index (χ4v) is 4.84. The van der Waals surface area contributed by atoms with Crippen LogP contribution in [0.15, 0.2) is 41.2 Å². The standard InChI is InChI=1S/C27H23F2N5O2/c1-14-7-17(8-15(2)32-14)19-9-16(13-30)10-20-24(19)33-26(23-5-4-6-31-23)34(27(20)35)18-11-21(28)25(36-3)22(29)12-18/h7-12,23,31H,4-6H2,1-3H3. The summed E-state index contributed by atoms with van der Waals surface area (Å²) in [6.45, 7) is 4.47. The van der Waals surface area contributed by atoms with Crippen molar-refractivity contribution in [2.24, 2.45) is 0 Å². The second kappa shape index (κ2) is 9.13. The molecule has 1 aliphatic rings. The van der Waals surface area contributed by atoms with E-state index in [9.17, 15) is 18.8 Å². The molecule has 0 amide bonds. The maximum atomic E-state index is 14.7. The van der Waals surface area contributed by atoms with Crippen molar-refractivity contribution in [2.45, 2.75) is 32.7 Å². The van der Waals surface area contributed by atoms with Crippen LogP contribution in [-0.4, -0.2) is 28.2 Å². The van der Waals surface area contributed by atoms with Crippen molar-refractivity contribution in [1.29, 1.82) is 5.26 Å². The fraction of sp³-hybridized carbons (Fsp3) is 0.259. The monoisotopic (exact) mass is 487 g/mol. The summed E-state index contributed by atoms with van der Waals surface area (Å²) in [4.78, 5) is 23.3. The van der Waals surface area contributed by atoms with Gasteiger partial charge in [-0.1, -0.05) is 0 Å². The highest BCUT2D eigenvalue weighted by molar-refractivity contribution is 5.94. The molecule has 3 heterocycles. The zero-order valence-electron chi connectivity index (χ0n) is 20.0. The van der Waals surface area contributed by atoms with Crippen molar-refractivity contribution >= 4 is 10.9 Å². The Bertz CT molecular complexity index is 1570. The van der Waals surface area contributed by atoms with Gasteiger partial charge in [0, 0.05) is 29.1 Å². The van der Waals surface area contributed by atoms with E-state index in [4.69, 9.17) is 9.72 Å². The van der Waals surface area contributed by atoms with E-state index in [1.807, 2.05) is 26.0 Å². The van der Waals surface area contributed by atoms with Gasteiger partial charge in [0.1, 0.15) is 5.82 Å². The quantitative estimate of drug-likeness (QED) is 0.451. The molecule has 7 nitrogen and oxygen atoms in total. The molecule has 182 valence electrons. The Kier molecular flexibility index (Phi) is 5.98. The highest BCUT2D eigenvalue weighted by Crippen LogP contribution is 2.32. The van der Waals surface area contributed by atoms with Crippen molar-refractivity contribution < 1.29 is 13.5 Å². The van der Waals surface area contributed by atoms with Gasteiger partial charge in [-0.3, -0.25) is 14.3 Å². The molecular formula is C27H23F2N5O2. The predicted molar refractivity (Wildman–Crippen MR) is 131 cm³/mol. The summed E-state index contributed by atoms with van der Waals surface area (Å²) in [5.74, 6) is -2.04. The number of nitrogens with one attached hydrogen (secondary N) is 1. The van der Waals surface area contributed by atoms with E-state index in [1.165, 1.54) is 17.7 Å². The molecule has 1 saturated heterocycles. The lowest BCUT2D eigenvalue weighted by Crippen LogP contribution is -2.29. The Morgan fingerprint density at radius 1 is 1.08 bits per heavy atom. The van der Waals surface area contributed by atoms with Gasteiger partial charge in [0.25, 0.3) is 5.56 Å². The van der Waals surface area contributed by atoms with Gasteiger partial charge in [-0.15, -0.1) is 0 Å². The Balaban J connectivity index is 1.89. The number of methoxy groups -OCH3 is 1. The maximum absolute atomic E-state index is 14.7. The Morgan fingerprint density at radius 2 is 1.78 bits per heavy atom. The third kappa shape index (κ3) is 3.99. The first kappa shape index (κ1) is 23.6. The number of fused-ring (bicyclic) bond motifs is 1. The molecule has 0 bridgehead atoms. The van der Waals surface area contributed by atoms with Gasteiger partial charge in [0.05, 0.1) is 41.4 Å². The van der Waals surface area contributed by atoms with E-state index in [0.29, 0.717) is 23.3 Å². The molecule has 4 aromatic rings. The molecule has 1 fully saturated rings. The number of ether oxygens (including phenoxy) is 1. The summed E-state index contributed by atoms with van der Waals surface area (Å²) in [5.41, 5.74) is 3.13. The summed E-state index contributed by atoms with van der Waals surface area (Å²) in [6, 6.07) is 10.8. The summed E-state index contributed by atoms with van der Waals surface area (Å²) in [6.07, 6.45) is 1.57. The lowest BCUT2D eigenvalue weighted by atomic mass is 9.98. The number of nitriles is 1. The minimum absolute atomic E-state index is 0.00610. The average Bonchev–Trinajstić information content (AvgIpc) is 3.37. The van der Waals surface area contributed by atoms with Crippen molar-refractivity contribution in [3.8, 4) is 28.6 Å². The number of halogens is 2. The fourth-order valence-electron chi connectivity index (χ4n) is 4.84. The van der Waals surface area contributed by atoms with Crippen molar-refractivity contribution in [1.82, 2.24) is 19.9 Å². The van der Waals surface area contributed by atoms with Crippen LogP contribution < -0.4 is 15.6 Å². The molecular weight excluding hydrogens is 464 g/mol. The minimum atomic E-state index is -0.931. The molecule has 1 unspecified atom stereocenters. The first-order valence-electron chi connectivity index (χ1n) is 11.5. The van der Waals surface area contributed by atoms with Gasteiger partial charge in [0.2, 0.25) is 0 Å². The molecule has 9 heteroatoms.